The van der Waals surface area contributed by atoms with Crippen LogP contribution < -0.4 is 10.2 Å². The summed E-state index contributed by atoms with van der Waals surface area (Å²) in [6, 6.07) is 14.3. The SMILES string of the molecule is CC(F)(F)c1ccc(CN(c2ncnc(NC(CC(=O)O)c3ccccc3)c2F)C2CC2)cc1. The number of nitrogens with zero attached hydrogens (tertiary/aromatic N) is 3. The molecule has 0 amide bonds. The number of nitrogens with one attached hydrogen (secondary N) is 1. The molecule has 3 aromatic rings. The van der Waals surface area contributed by atoms with Gasteiger partial charge in [-0.25, -0.2) is 18.7 Å². The molecule has 2 N–H and O–H groups in total. The van der Waals surface area contributed by atoms with E-state index in [0.29, 0.717) is 12.1 Å². The molecule has 2 aromatic carbocycles. The molecule has 4 rings (SSSR count). The third-order valence-corrected chi connectivity index (χ3v) is 5.74. The Kier molecular flexibility index (Phi) is 6.72. The number of alkyl halides is 2. The molecule has 0 bridgehead atoms. The molecular formula is C25H25F3N4O2. The van der Waals surface area contributed by atoms with Crippen molar-refractivity contribution >= 4 is 17.6 Å². The lowest BCUT2D eigenvalue weighted by molar-refractivity contribution is -0.137. The molecule has 34 heavy (non-hydrogen) atoms. The Bertz CT molecular complexity index is 1130. The van der Waals surface area contributed by atoms with E-state index >= 15 is 4.39 Å². The number of carboxylic acids is 1. The number of aromatic nitrogens is 2. The first kappa shape index (κ1) is 23.5. The Labute approximate surface area is 195 Å². The second kappa shape index (κ2) is 9.70. The van der Waals surface area contributed by atoms with Crippen LogP contribution in [-0.2, 0) is 17.3 Å². The highest BCUT2D eigenvalue weighted by atomic mass is 19.3. The minimum Gasteiger partial charge on any atom is -0.481 e. The van der Waals surface area contributed by atoms with Gasteiger partial charge in [-0.3, -0.25) is 4.79 Å². The summed E-state index contributed by atoms with van der Waals surface area (Å²) in [5.74, 6) is -4.65. The van der Waals surface area contributed by atoms with Crippen LogP contribution in [-0.4, -0.2) is 27.1 Å². The van der Waals surface area contributed by atoms with Gasteiger partial charge in [0.15, 0.2) is 11.6 Å². The van der Waals surface area contributed by atoms with Gasteiger partial charge >= 0.3 is 5.97 Å². The average Bonchev–Trinajstić information content (AvgIpc) is 3.64. The summed E-state index contributed by atoms with van der Waals surface area (Å²) in [6.07, 6.45) is 2.70. The van der Waals surface area contributed by atoms with E-state index < -0.39 is 23.8 Å². The number of anilines is 2. The highest BCUT2D eigenvalue weighted by molar-refractivity contribution is 5.69. The summed E-state index contributed by atoms with van der Waals surface area (Å²) in [5, 5.41) is 12.2. The minimum atomic E-state index is -2.93. The second-order valence-electron chi connectivity index (χ2n) is 8.51. The van der Waals surface area contributed by atoms with Crippen molar-refractivity contribution in [2.75, 3.05) is 10.2 Å². The van der Waals surface area contributed by atoms with E-state index in [1.54, 1.807) is 41.3 Å². The molecule has 178 valence electrons. The van der Waals surface area contributed by atoms with Crippen LogP contribution in [0.5, 0.6) is 0 Å². The zero-order valence-corrected chi connectivity index (χ0v) is 18.6. The van der Waals surface area contributed by atoms with Gasteiger partial charge in [0.25, 0.3) is 5.92 Å². The molecule has 1 heterocycles. The van der Waals surface area contributed by atoms with Gasteiger partial charge in [0.2, 0.25) is 5.82 Å². The predicted octanol–water partition coefficient (Wildman–Crippen LogP) is 5.52. The van der Waals surface area contributed by atoms with Crippen molar-refractivity contribution in [2.24, 2.45) is 0 Å². The second-order valence-corrected chi connectivity index (χ2v) is 8.51. The fourth-order valence-electron chi connectivity index (χ4n) is 3.80. The van der Waals surface area contributed by atoms with Crippen molar-refractivity contribution in [3.63, 3.8) is 0 Å². The van der Waals surface area contributed by atoms with Crippen molar-refractivity contribution in [3.8, 4) is 0 Å². The van der Waals surface area contributed by atoms with Crippen LogP contribution in [0.2, 0.25) is 0 Å². The number of rotatable bonds is 10. The number of carboxylic acid groups (broad SMARTS) is 1. The van der Waals surface area contributed by atoms with Crippen LogP contribution >= 0.6 is 0 Å². The van der Waals surface area contributed by atoms with Crippen molar-refractivity contribution in [3.05, 3.63) is 83.4 Å². The van der Waals surface area contributed by atoms with Crippen molar-refractivity contribution in [1.82, 2.24) is 9.97 Å². The summed E-state index contributed by atoms with van der Waals surface area (Å²) >= 11 is 0. The summed E-state index contributed by atoms with van der Waals surface area (Å²) in [7, 11) is 0. The van der Waals surface area contributed by atoms with E-state index in [1.807, 2.05) is 6.07 Å². The number of benzene rings is 2. The largest absolute Gasteiger partial charge is 0.481 e. The average molecular weight is 470 g/mol. The Balaban J connectivity index is 1.59. The molecule has 0 radical (unpaired) electrons. The maximum Gasteiger partial charge on any atom is 0.305 e. The lowest BCUT2D eigenvalue weighted by Crippen LogP contribution is -2.28. The zero-order valence-electron chi connectivity index (χ0n) is 18.6. The first-order valence-electron chi connectivity index (χ1n) is 11.0. The van der Waals surface area contributed by atoms with Crippen molar-refractivity contribution in [1.29, 1.82) is 0 Å². The van der Waals surface area contributed by atoms with Gasteiger partial charge in [0.05, 0.1) is 12.5 Å². The van der Waals surface area contributed by atoms with Gasteiger partial charge in [0.1, 0.15) is 6.33 Å². The maximum atomic E-state index is 15.6. The van der Waals surface area contributed by atoms with Crippen LogP contribution in [0.4, 0.5) is 24.8 Å². The van der Waals surface area contributed by atoms with E-state index in [-0.39, 0.29) is 29.7 Å². The van der Waals surface area contributed by atoms with Crippen LogP contribution in [0.3, 0.4) is 0 Å². The highest BCUT2D eigenvalue weighted by Gasteiger charge is 2.33. The minimum absolute atomic E-state index is 0.0773. The monoisotopic (exact) mass is 470 g/mol. The van der Waals surface area contributed by atoms with Gasteiger partial charge in [-0.2, -0.15) is 4.39 Å². The number of hydrogen-bond acceptors (Lipinski definition) is 5. The zero-order chi connectivity index (χ0) is 24.3. The molecule has 1 fully saturated rings. The van der Waals surface area contributed by atoms with Gasteiger partial charge in [0, 0.05) is 25.1 Å². The van der Waals surface area contributed by atoms with E-state index in [4.69, 9.17) is 0 Å². The summed E-state index contributed by atoms with van der Waals surface area (Å²) in [4.78, 5) is 21.4. The van der Waals surface area contributed by atoms with Gasteiger partial charge in [-0.1, -0.05) is 54.6 Å². The van der Waals surface area contributed by atoms with Crippen LogP contribution in [0, 0.1) is 5.82 Å². The van der Waals surface area contributed by atoms with E-state index in [2.05, 4.69) is 15.3 Å². The van der Waals surface area contributed by atoms with Gasteiger partial charge < -0.3 is 15.3 Å². The normalized spacial score (nSPS) is 14.5. The van der Waals surface area contributed by atoms with Crippen LogP contribution in [0.15, 0.2) is 60.9 Å². The van der Waals surface area contributed by atoms with Crippen LogP contribution in [0.1, 0.15) is 48.9 Å². The van der Waals surface area contributed by atoms with E-state index in [1.165, 1.54) is 18.5 Å². The van der Waals surface area contributed by atoms with E-state index in [0.717, 1.165) is 25.3 Å². The molecule has 1 saturated carbocycles. The Hall–Kier alpha value is -3.62. The highest BCUT2D eigenvalue weighted by Crippen LogP contribution is 2.36. The molecule has 0 aliphatic heterocycles. The van der Waals surface area contributed by atoms with Gasteiger partial charge in [-0.15, -0.1) is 0 Å². The lowest BCUT2D eigenvalue weighted by Gasteiger charge is -2.26. The first-order valence-corrected chi connectivity index (χ1v) is 11.0. The molecule has 6 nitrogen and oxygen atoms in total. The quantitative estimate of drug-likeness (QED) is 0.406. The Morgan fingerprint density at radius 1 is 1.15 bits per heavy atom. The fourth-order valence-corrected chi connectivity index (χ4v) is 3.80. The number of aliphatic carboxylic acids is 1. The molecule has 1 aromatic heterocycles. The van der Waals surface area contributed by atoms with Crippen molar-refractivity contribution < 1.29 is 23.1 Å². The fraction of sp³-hybridized carbons (Fsp3) is 0.320. The number of carbonyl (C=O) groups is 1. The predicted molar refractivity (Wildman–Crippen MR) is 122 cm³/mol. The Morgan fingerprint density at radius 3 is 2.41 bits per heavy atom. The third kappa shape index (κ3) is 5.65. The molecule has 1 atom stereocenters. The molecule has 0 spiro atoms. The number of hydrogen-bond donors (Lipinski definition) is 2. The van der Waals surface area contributed by atoms with E-state index in [9.17, 15) is 18.7 Å². The smallest absolute Gasteiger partial charge is 0.305 e. The van der Waals surface area contributed by atoms with Crippen LogP contribution in [0.25, 0.3) is 0 Å². The maximum absolute atomic E-state index is 15.6. The third-order valence-electron chi connectivity index (χ3n) is 5.74. The summed E-state index contributed by atoms with van der Waals surface area (Å²) in [5.41, 5.74) is 1.36. The standard InChI is InChI=1S/C25H25F3N4O2/c1-25(27,28)18-9-7-16(8-10-18)14-32(19-11-12-19)24-22(26)23(29-15-30-24)31-20(13-21(33)34)17-5-3-2-4-6-17/h2-10,15,19-20H,11-14H2,1H3,(H,33,34)(H,29,30,31). The summed E-state index contributed by atoms with van der Waals surface area (Å²) < 4.78 is 42.6. The molecule has 9 heteroatoms. The molecular weight excluding hydrogens is 445 g/mol. The molecule has 1 unspecified atom stereocenters. The first-order chi connectivity index (χ1) is 16.2. The molecule has 1 aliphatic rings. The Morgan fingerprint density at radius 2 is 1.82 bits per heavy atom. The molecule has 1 aliphatic carbocycles. The summed E-state index contributed by atoms with van der Waals surface area (Å²) in [6.45, 7) is 1.14. The van der Waals surface area contributed by atoms with Gasteiger partial charge in [-0.05, 0) is 24.0 Å². The van der Waals surface area contributed by atoms with Crippen molar-refractivity contribution in [2.45, 2.75) is 50.7 Å². The topological polar surface area (TPSA) is 78.4 Å². The molecule has 0 saturated heterocycles. The lowest BCUT2D eigenvalue weighted by atomic mass is 10.0. The number of halogens is 3.